The average Bonchev–Trinajstić information content (AvgIpc) is 2.93. The number of nitrogens with two attached hydrogens (primary N) is 1. The zero-order valence-electron chi connectivity index (χ0n) is 30.2. The molecule has 0 saturated heterocycles. The zero-order valence-corrected chi connectivity index (χ0v) is 30.2. The van der Waals surface area contributed by atoms with Gasteiger partial charge in [0.15, 0.2) is 0 Å². The molecule has 0 heterocycles. The van der Waals surface area contributed by atoms with Crippen LogP contribution in [0.4, 0.5) is 0 Å². The van der Waals surface area contributed by atoms with Crippen LogP contribution in [0.1, 0.15) is 153 Å². The summed E-state index contributed by atoms with van der Waals surface area (Å²) in [5, 5.41) is 47.0. The van der Waals surface area contributed by atoms with E-state index in [-0.39, 0.29) is 5.92 Å². The number of aliphatic carboxylic acids is 2. The SMILES string of the molecule is CC(C)C(=N)CCCCC(C)C(=O)O.CC(C)C(=N)CCCCC(N)C(=O)O.CCCC(=N)C(C)C.CCCC(=N)C(C)C. The molecule has 0 saturated carbocycles. The van der Waals surface area contributed by atoms with Crippen molar-refractivity contribution >= 4 is 34.8 Å². The van der Waals surface area contributed by atoms with Crippen molar-refractivity contribution in [1.29, 1.82) is 21.6 Å². The molecule has 0 bridgehead atoms. The van der Waals surface area contributed by atoms with E-state index in [4.69, 9.17) is 37.6 Å². The van der Waals surface area contributed by atoms with E-state index in [1.54, 1.807) is 6.92 Å². The highest BCUT2D eigenvalue weighted by molar-refractivity contribution is 5.84. The molecular formula is C35H71N5O4. The van der Waals surface area contributed by atoms with Gasteiger partial charge in [-0.25, -0.2) is 0 Å². The molecule has 0 amide bonds. The predicted molar refractivity (Wildman–Crippen MR) is 189 cm³/mol. The summed E-state index contributed by atoms with van der Waals surface area (Å²) < 4.78 is 0. The van der Waals surface area contributed by atoms with Crippen LogP contribution in [0.5, 0.6) is 0 Å². The molecule has 2 unspecified atom stereocenters. The summed E-state index contributed by atoms with van der Waals surface area (Å²) in [6.07, 6.45) is 10.4. The van der Waals surface area contributed by atoms with E-state index in [9.17, 15) is 9.59 Å². The van der Waals surface area contributed by atoms with E-state index in [2.05, 4.69) is 41.5 Å². The molecule has 9 nitrogen and oxygen atoms in total. The Morgan fingerprint density at radius 2 is 0.818 bits per heavy atom. The van der Waals surface area contributed by atoms with Gasteiger partial charge in [-0.1, -0.05) is 102 Å². The van der Waals surface area contributed by atoms with Gasteiger partial charge in [0.1, 0.15) is 6.04 Å². The molecule has 0 aliphatic heterocycles. The normalized spacial score (nSPS) is 11.8. The van der Waals surface area contributed by atoms with Crippen LogP contribution in [0, 0.1) is 51.2 Å². The third-order valence-electron chi connectivity index (χ3n) is 7.11. The number of hydrogen-bond donors (Lipinski definition) is 7. The number of carbonyl (C=O) groups is 2. The summed E-state index contributed by atoms with van der Waals surface area (Å²) in [5.41, 5.74) is 8.61. The van der Waals surface area contributed by atoms with E-state index in [1.807, 2.05) is 27.7 Å². The molecule has 44 heavy (non-hydrogen) atoms. The molecule has 0 aromatic heterocycles. The Hall–Kier alpha value is -2.42. The number of nitrogens with one attached hydrogen (secondary N) is 4. The number of hydrogen-bond acceptors (Lipinski definition) is 7. The van der Waals surface area contributed by atoms with E-state index < -0.39 is 18.0 Å². The van der Waals surface area contributed by atoms with Crippen LogP contribution < -0.4 is 5.73 Å². The highest BCUT2D eigenvalue weighted by Crippen LogP contribution is 2.12. The minimum atomic E-state index is -0.941. The van der Waals surface area contributed by atoms with Crippen molar-refractivity contribution in [1.82, 2.24) is 0 Å². The van der Waals surface area contributed by atoms with Crippen LogP contribution in [-0.4, -0.2) is 51.0 Å². The molecule has 0 rings (SSSR count). The van der Waals surface area contributed by atoms with Gasteiger partial charge in [-0.3, -0.25) is 9.59 Å². The Morgan fingerprint density at radius 1 is 0.523 bits per heavy atom. The zero-order chi connectivity index (χ0) is 35.4. The summed E-state index contributed by atoms with van der Waals surface area (Å²) >= 11 is 0. The maximum absolute atomic E-state index is 10.5. The molecule has 8 N–H and O–H groups in total. The van der Waals surface area contributed by atoms with Crippen molar-refractivity contribution in [3.63, 3.8) is 0 Å². The lowest BCUT2D eigenvalue weighted by atomic mass is 9.99. The van der Waals surface area contributed by atoms with Crippen molar-refractivity contribution in [3.8, 4) is 0 Å². The van der Waals surface area contributed by atoms with Crippen LogP contribution in [-0.2, 0) is 9.59 Å². The number of carboxylic acids is 2. The fourth-order valence-electron chi connectivity index (χ4n) is 3.39. The Kier molecular flexibility index (Phi) is 33.7. The Morgan fingerprint density at radius 3 is 1.05 bits per heavy atom. The minimum absolute atomic E-state index is 0.247. The molecule has 0 aliphatic carbocycles. The van der Waals surface area contributed by atoms with Gasteiger partial charge in [0.2, 0.25) is 0 Å². The second kappa shape index (κ2) is 30.6. The molecule has 260 valence electrons. The molecular weight excluding hydrogens is 554 g/mol. The van der Waals surface area contributed by atoms with E-state index >= 15 is 0 Å². The smallest absolute Gasteiger partial charge is 0.320 e. The van der Waals surface area contributed by atoms with Crippen LogP contribution in [0.15, 0.2) is 0 Å². The fraction of sp³-hybridized carbons (Fsp3) is 0.829. The third-order valence-corrected chi connectivity index (χ3v) is 7.11. The highest BCUT2D eigenvalue weighted by atomic mass is 16.4. The van der Waals surface area contributed by atoms with Crippen LogP contribution in [0.3, 0.4) is 0 Å². The van der Waals surface area contributed by atoms with Gasteiger partial charge in [-0.15, -0.1) is 0 Å². The van der Waals surface area contributed by atoms with E-state index in [0.29, 0.717) is 30.1 Å². The molecule has 0 aromatic carbocycles. The van der Waals surface area contributed by atoms with Crippen molar-refractivity contribution < 1.29 is 19.8 Å². The standard InChI is InChI=1S/C11H21NO2.C10H20N2O2.2C7H15N/c1-8(2)10(12)7-5-4-6-9(3)11(13)14;1-7(2)8(11)5-3-4-6-9(12)10(13)14;2*1-4-5-7(8)6(2)3/h8-9,12H,4-7H2,1-3H3,(H,13,14);7,9,11H,3-6,12H2,1-2H3,(H,13,14);2*6,8H,4-5H2,1-3H3. The molecule has 0 spiro atoms. The largest absolute Gasteiger partial charge is 0.481 e. The topological polar surface area (TPSA) is 196 Å². The molecule has 0 aliphatic rings. The molecule has 0 radical (unpaired) electrons. The van der Waals surface area contributed by atoms with Crippen molar-refractivity contribution in [2.45, 2.75) is 159 Å². The molecule has 0 aromatic rings. The van der Waals surface area contributed by atoms with Gasteiger partial charge in [0.05, 0.1) is 5.92 Å². The molecule has 9 heteroatoms. The maximum Gasteiger partial charge on any atom is 0.320 e. The van der Waals surface area contributed by atoms with Gasteiger partial charge in [-0.05, 0) is 75.0 Å². The average molecular weight is 626 g/mol. The highest BCUT2D eigenvalue weighted by Gasteiger charge is 2.11. The maximum atomic E-state index is 10.5. The van der Waals surface area contributed by atoms with Gasteiger partial charge in [0.25, 0.3) is 0 Å². The summed E-state index contributed by atoms with van der Waals surface area (Å²) in [5.74, 6) is -0.379. The Balaban J connectivity index is -0.000000251. The number of rotatable bonds is 20. The summed E-state index contributed by atoms with van der Waals surface area (Å²) in [6, 6.07) is -0.747. The van der Waals surface area contributed by atoms with Crippen LogP contribution in [0.2, 0.25) is 0 Å². The van der Waals surface area contributed by atoms with Crippen molar-refractivity contribution in [2.24, 2.45) is 35.3 Å². The lowest BCUT2D eigenvalue weighted by Crippen LogP contribution is -2.29. The minimum Gasteiger partial charge on any atom is -0.481 e. The number of carboxylic acid groups (broad SMARTS) is 2. The van der Waals surface area contributed by atoms with E-state index in [0.717, 1.165) is 93.5 Å². The first-order chi connectivity index (χ1) is 20.3. The van der Waals surface area contributed by atoms with Gasteiger partial charge < -0.3 is 37.6 Å². The summed E-state index contributed by atoms with van der Waals surface area (Å²) in [6.45, 7) is 22.2. The lowest BCUT2D eigenvalue weighted by molar-refractivity contribution is -0.141. The monoisotopic (exact) mass is 626 g/mol. The van der Waals surface area contributed by atoms with Crippen molar-refractivity contribution in [2.75, 3.05) is 0 Å². The Labute approximate surface area is 270 Å². The molecule has 2 atom stereocenters. The second-order valence-corrected chi connectivity index (χ2v) is 12.9. The quantitative estimate of drug-likeness (QED) is 0.0521. The van der Waals surface area contributed by atoms with E-state index in [1.165, 1.54) is 0 Å². The Bertz CT molecular complexity index is 741. The first-order valence-electron chi connectivity index (χ1n) is 16.8. The van der Waals surface area contributed by atoms with Crippen LogP contribution >= 0.6 is 0 Å². The fourth-order valence-corrected chi connectivity index (χ4v) is 3.39. The molecule has 0 fully saturated rings. The second-order valence-electron chi connectivity index (χ2n) is 12.9. The van der Waals surface area contributed by atoms with Crippen LogP contribution in [0.25, 0.3) is 0 Å². The lowest BCUT2D eigenvalue weighted by Gasteiger charge is -2.08. The van der Waals surface area contributed by atoms with Gasteiger partial charge in [0, 0.05) is 22.8 Å². The third kappa shape index (κ3) is 34.1. The summed E-state index contributed by atoms with van der Waals surface area (Å²) in [7, 11) is 0. The first-order valence-corrected chi connectivity index (χ1v) is 16.8. The predicted octanol–water partition coefficient (Wildman–Crippen LogP) is 9.50. The van der Waals surface area contributed by atoms with Gasteiger partial charge in [-0.2, -0.15) is 0 Å². The number of unbranched alkanes of at least 4 members (excludes halogenated alkanes) is 2. The van der Waals surface area contributed by atoms with Gasteiger partial charge >= 0.3 is 11.9 Å². The first kappa shape index (κ1) is 48.5. The van der Waals surface area contributed by atoms with Crippen molar-refractivity contribution in [3.05, 3.63) is 0 Å². The summed E-state index contributed by atoms with van der Waals surface area (Å²) in [4.78, 5) is 20.9.